The number of ether oxygens (including phenoxy) is 2. The molecule has 0 aliphatic carbocycles. The van der Waals surface area contributed by atoms with Gasteiger partial charge < -0.3 is 20.1 Å². The van der Waals surface area contributed by atoms with E-state index in [1.165, 1.54) is 31.4 Å². The maximum absolute atomic E-state index is 5.36. The van der Waals surface area contributed by atoms with Gasteiger partial charge in [0.05, 0.1) is 14.2 Å². The largest absolute Gasteiger partial charge is 0.493 e. The summed E-state index contributed by atoms with van der Waals surface area (Å²) in [6.45, 7) is 6.34. The second-order valence-electron chi connectivity index (χ2n) is 6.75. The maximum Gasteiger partial charge on any atom is 0.191 e. The number of nitrogens with zero attached hydrogens (tertiary/aromatic N) is 2. The molecule has 2 rings (SSSR count). The van der Waals surface area contributed by atoms with Crippen LogP contribution in [0.1, 0.15) is 31.7 Å². The van der Waals surface area contributed by atoms with Crippen LogP contribution in [0, 0.1) is 0 Å². The fourth-order valence-corrected chi connectivity index (χ4v) is 3.39. The lowest BCUT2D eigenvalue weighted by molar-refractivity contribution is 0.163. The van der Waals surface area contributed by atoms with Crippen LogP contribution in [-0.4, -0.2) is 64.3 Å². The number of benzene rings is 1. The third-order valence-corrected chi connectivity index (χ3v) is 5.01. The molecule has 0 amide bonds. The second kappa shape index (κ2) is 10.9. The first-order chi connectivity index (χ1) is 12.7. The topological polar surface area (TPSA) is 58.1 Å². The van der Waals surface area contributed by atoms with E-state index in [1.54, 1.807) is 14.2 Å². The Morgan fingerprint density at radius 1 is 1.15 bits per heavy atom. The molecule has 1 aromatic carbocycles. The van der Waals surface area contributed by atoms with Gasteiger partial charge in [0.1, 0.15) is 0 Å². The number of hydrogen-bond donors (Lipinski definition) is 2. The standard InChI is InChI=1S/C20H34N4O2/c1-16-7-5-6-13-24(16)14-12-23-20(21-2)22-11-10-17-8-9-18(25-3)19(15-17)26-4/h8-9,15-16H,5-7,10-14H2,1-4H3,(H2,21,22,23). The molecule has 1 fully saturated rings. The Kier molecular flexibility index (Phi) is 8.54. The predicted molar refractivity (Wildman–Crippen MR) is 108 cm³/mol. The highest BCUT2D eigenvalue weighted by Crippen LogP contribution is 2.27. The Morgan fingerprint density at radius 2 is 1.92 bits per heavy atom. The average Bonchev–Trinajstić information content (AvgIpc) is 2.68. The highest BCUT2D eigenvalue weighted by molar-refractivity contribution is 5.79. The first-order valence-electron chi connectivity index (χ1n) is 9.57. The molecule has 146 valence electrons. The molecule has 0 aromatic heterocycles. The Bertz CT molecular complexity index is 577. The van der Waals surface area contributed by atoms with Crippen LogP contribution in [0.2, 0.25) is 0 Å². The summed E-state index contributed by atoms with van der Waals surface area (Å²) >= 11 is 0. The van der Waals surface area contributed by atoms with Crippen LogP contribution in [0.15, 0.2) is 23.2 Å². The zero-order chi connectivity index (χ0) is 18.8. The Balaban J connectivity index is 1.71. The molecule has 0 radical (unpaired) electrons. The minimum atomic E-state index is 0.700. The summed E-state index contributed by atoms with van der Waals surface area (Å²) < 4.78 is 10.6. The zero-order valence-corrected chi connectivity index (χ0v) is 16.7. The van der Waals surface area contributed by atoms with E-state index in [0.717, 1.165) is 43.5 Å². The van der Waals surface area contributed by atoms with Gasteiger partial charge in [-0.1, -0.05) is 12.5 Å². The normalized spacial score (nSPS) is 18.5. The minimum absolute atomic E-state index is 0.700. The van der Waals surface area contributed by atoms with Crippen molar-refractivity contribution >= 4 is 5.96 Å². The third-order valence-electron chi connectivity index (χ3n) is 5.01. The molecule has 0 spiro atoms. The van der Waals surface area contributed by atoms with Crippen molar-refractivity contribution < 1.29 is 9.47 Å². The molecule has 0 saturated carbocycles. The summed E-state index contributed by atoms with van der Waals surface area (Å²) in [6, 6.07) is 6.73. The molecule has 1 aromatic rings. The second-order valence-corrected chi connectivity index (χ2v) is 6.75. The van der Waals surface area contributed by atoms with Crippen molar-refractivity contribution in [1.82, 2.24) is 15.5 Å². The molecule has 6 heteroatoms. The van der Waals surface area contributed by atoms with E-state index in [9.17, 15) is 0 Å². The molecular formula is C20H34N4O2. The van der Waals surface area contributed by atoms with Gasteiger partial charge in [0, 0.05) is 32.7 Å². The van der Waals surface area contributed by atoms with Crippen molar-refractivity contribution in [1.29, 1.82) is 0 Å². The van der Waals surface area contributed by atoms with Crippen molar-refractivity contribution in [2.45, 2.75) is 38.6 Å². The summed E-state index contributed by atoms with van der Waals surface area (Å²) in [5.74, 6) is 2.38. The first kappa shape index (κ1) is 20.4. The van der Waals surface area contributed by atoms with Crippen molar-refractivity contribution in [3.63, 3.8) is 0 Å². The van der Waals surface area contributed by atoms with Gasteiger partial charge in [-0.25, -0.2) is 0 Å². The highest BCUT2D eigenvalue weighted by Gasteiger charge is 2.17. The number of guanidine groups is 1. The van der Waals surface area contributed by atoms with E-state index < -0.39 is 0 Å². The number of methoxy groups -OCH3 is 2. The summed E-state index contributed by atoms with van der Waals surface area (Å²) in [5.41, 5.74) is 1.20. The molecule has 2 N–H and O–H groups in total. The highest BCUT2D eigenvalue weighted by atomic mass is 16.5. The van der Waals surface area contributed by atoms with Crippen LogP contribution in [0.25, 0.3) is 0 Å². The molecule has 1 saturated heterocycles. The summed E-state index contributed by atoms with van der Waals surface area (Å²) in [7, 11) is 5.13. The van der Waals surface area contributed by atoms with Gasteiger partial charge in [-0.15, -0.1) is 0 Å². The lowest BCUT2D eigenvalue weighted by Gasteiger charge is -2.33. The molecular weight excluding hydrogens is 328 g/mol. The molecule has 26 heavy (non-hydrogen) atoms. The van der Waals surface area contributed by atoms with Gasteiger partial charge in [0.2, 0.25) is 0 Å². The number of hydrogen-bond acceptors (Lipinski definition) is 4. The van der Waals surface area contributed by atoms with Gasteiger partial charge in [-0.2, -0.15) is 0 Å². The van der Waals surface area contributed by atoms with Gasteiger partial charge in [-0.3, -0.25) is 9.89 Å². The molecule has 0 bridgehead atoms. The van der Waals surface area contributed by atoms with Crippen molar-refractivity contribution in [2.24, 2.45) is 4.99 Å². The van der Waals surface area contributed by atoms with E-state index in [2.05, 4.69) is 33.5 Å². The van der Waals surface area contributed by atoms with Crippen LogP contribution in [0.3, 0.4) is 0 Å². The number of rotatable bonds is 8. The maximum atomic E-state index is 5.36. The molecule has 6 nitrogen and oxygen atoms in total. The fourth-order valence-electron chi connectivity index (χ4n) is 3.39. The Labute approximate surface area is 158 Å². The van der Waals surface area contributed by atoms with E-state index in [-0.39, 0.29) is 0 Å². The smallest absolute Gasteiger partial charge is 0.191 e. The molecule has 1 atom stereocenters. The predicted octanol–water partition coefficient (Wildman–Crippen LogP) is 2.29. The van der Waals surface area contributed by atoms with E-state index in [1.807, 2.05) is 19.2 Å². The SMILES string of the molecule is CN=C(NCCc1ccc(OC)c(OC)c1)NCCN1CCCCC1C. The monoisotopic (exact) mass is 362 g/mol. The Hall–Kier alpha value is -1.95. The molecule has 1 unspecified atom stereocenters. The van der Waals surface area contributed by atoms with E-state index in [0.29, 0.717) is 6.04 Å². The molecule has 1 aliphatic rings. The fraction of sp³-hybridized carbons (Fsp3) is 0.650. The van der Waals surface area contributed by atoms with Crippen molar-refractivity contribution in [3.8, 4) is 11.5 Å². The van der Waals surface area contributed by atoms with Crippen LogP contribution in [0.4, 0.5) is 0 Å². The minimum Gasteiger partial charge on any atom is -0.493 e. The summed E-state index contributed by atoms with van der Waals surface area (Å²) in [6.07, 6.45) is 4.90. The van der Waals surface area contributed by atoms with Gasteiger partial charge in [-0.05, 0) is 50.4 Å². The zero-order valence-electron chi connectivity index (χ0n) is 16.7. The lowest BCUT2D eigenvalue weighted by Crippen LogP contribution is -2.45. The summed E-state index contributed by atoms with van der Waals surface area (Å²) in [5, 5.41) is 6.80. The Morgan fingerprint density at radius 3 is 2.62 bits per heavy atom. The van der Waals surface area contributed by atoms with E-state index in [4.69, 9.17) is 9.47 Å². The lowest BCUT2D eigenvalue weighted by atomic mass is 10.0. The summed E-state index contributed by atoms with van der Waals surface area (Å²) in [4.78, 5) is 6.88. The van der Waals surface area contributed by atoms with Crippen LogP contribution in [0.5, 0.6) is 11.5 Å². The van der Waals surface area contributed by atoms with Crippen LogP contribution >= 0.6 is 0 Å². The number of nitrogens with one attached hydrogen (secondary N) is 2. The van der Waals surface area contributed by atoms with Crippen LogP contribution < -0.4 is 20.1 Å². The quantitative estimate of drug-likeness (QED) is 0.549. The van der Waals surface area contributed by atoms with Gasteiger partial charge >= 0.3 is 0 Å². The van der Waals surface area contributed by atoms with Gasteiger partial charge in [0.25, 0.3) is 0 Å². The average molecular weight is 363 g/mol. The third kappa shape index (κ3) is 6.09. The molecule has 1 aliphatic heterocycles. The first-order valence-corrected chi connectivity index (χ1v) is 9.57. The van der Waals surface area contributed by atoms with Crippen molar-refractivity contribution in [3.05, 3.63) is 23.8 Å². The number of likely N-dealkylation sites (tertiary alicyclic amines) is 1. The van der Waals surface area contributed by atoms with Gasteiger partial charge in [0.15, 0.2) is 17.5 Å². The number of aliphatic imine (C=N–C) groups is 1. The van der Waals surface area contributed by atoms with Crippen LogP contribution in [-0.2, 0) is 6.42 Å². The number of piperidine rings is 1. The van der Waals surface area contributed by atoms with E-state index >= 15 is 0 Å². The van der Waals surface area contributed by atoms with Crippen molar-refractivity contribution in [2.75, 3.05) is 47.4 Å². The molecule has 1 heterocycles.